The number of hydrogen-bond donors (Lipinski definition) is 2. The highest BCUT2D eigenvalue weighted by Gasteiger charge is 2.16. The molecule has 5 nitrogen and oxygen atoms in total. The van der Waals surface area contributed by atoms with Gasteiger partial charge < -0.3 is 4.74 Å². The molecule has 0 saturated heterocycles. The molecule has 0 fully saturated rings. The highest BCUT2D eigenvalue weighted by atomic mass is 19.1. The molecule has 0 saturated carbocycles. The molecule has 0 radical (unpaired) electrons. The summed E-state index contributed by atoms with van der Waals surface area (Å²) in [5, 5.41) is 0. The Morgan fingerprint density at radius 2 is 1.86 bits per heavy atom. The lowest BCUT2D eigenvalue weighted by atomic mass is 10.1. The monoisotopic (exact) mass is 296 g/mol. The highest BCUT2D eigenvalue weighted by molar-refractivity contribution is 5.84. The Morgan fingerprint density at radius 3 is 2.48 bits per heavy atom. The second-order valence-electron chi connectivity index (χ2n) is 5.16. The fraction of sp³-hybridized carbons (Fsp3) is 0.467. The predicted molar refractivity (Wildman–Crippen MR) is 76.8 cm³/mol. The molecule has 0 aliphatic carbocycles. The summed E-state index contributed by atoms with van der Waals surface area (Å²) in [6.45, 7) is 5.49. The zero-order valence-corrected chi connectivity index (χ0v) is 12.5. The Bertz CT molecular complexity index is 492. The Kier molecular flexibility index (Phi) is 6.65. The van der Waals surface area contributed by atoms with Gasteiger partial charge in [-0.1, -0.05) is 26.0 Å². The van der Waals surface area contributed by atoms with Crippen molar-refractivity contribution in [2.24, 2.45) is 5.92 Å². The number of carbonyl (C=O) groups is 2. The molecule has 1 aromatic carbocycles. The van der Waals surface area contributed by atoms with E-state index in [9.17, 15) is 14.0 Å². The Morgan fingerprint density at radius 1 is 1.19 bits per heavy atom. The van der Waals surface area contributed by atoms with Gasteiger partial charge in [-0.2, -0.15) is 0 Å². The van der Waals surface area contributed by atoms with E-state index in [1.807, 2.05) is 13.8 Å². The number of rotatable bonds is 6. The van der Waals surface area contributed by atoms with Crippen molar-refractivity contribution in [1.82, 2.24) is 10.9 Å². The average molecular weight is 296 g/mol. The van der Waals surface area contributed by atoms with Crippen LogP contribution in [0.4, 0.5) is 4.39 Å². The van der Waals surface area contributed by atoms with Crippen molar-refractivity contribution in [3.8, 4) is 5.75 Å². The van der Waals surface area contributed by atoms with Gasteiger partial charge in [0.15, 0.2) is 17.7 Å². The van der Waals surface area contributed by atoms with Crippen LogP contribution in [0, 0.1) is 11.7 Å². The summed E-state index contributed by atoms with van der Waals surface area (Å²) in [5.74, 6) is -0.953. The zero-order chi connectivity index (χ0) is 15.8. The first-order chi connectivity index (χ1) is 9.90. The molecular formula is C15H21FN2O3. The Hall–Kier alpha value is -2.11. The maximum absolute atomic E-state index is 13.4. The number of hydrazine groups is 1. The summed E-state index contributed by atoms with van der Waals surface area (Å²) in [6.07, 6.45) is 0.149. The van der Waals surface area contributed by atoms with Crippen LogP contribution in [-0.4, -0.2) is 17.9 Å². The second kappa shape index (κ2) is 8.24. The molecule has 0 bridgehead atoms. The topological polar surface area (TPSA) is 67.4 Å². The summed E-state index contributed by atoms with van der Waals surface area (Å²) in [4.78, 5) is 23.2. The van der Waals surface area contributed by atoms with Crippen LogP contribution in [0.15, 0.2) is 24.3 Å². The van der Waals surface area contributed by atoms with Crippen molar-refractivity contribution in [1.29, 1.82) is 0 Å². The van der Waals surface area contributed by atoms with Gasteiger partial charge in [0.25, 0.3) is 5.91 Å². The molecule has 1 rings (SSSR count). The van der Waals surface area contributed by atoms with Gasteiger partial charge in [-0.15, -0.1) is 0 Å². The predicted octanol–water partition coefficient (Wildman–Crippen LogP) is 2.18. The molecule has 0 aliphatic heterocycles. The van der Waals surface area contributed by atoms with Crippen LogP contribution in [0.2, 0.25) is 0 Å². The van der Waals surface area contributed by atoms with Crippen molar-refractivity contribution in [3.05, 3.63) is 30.1 Å². The summed E-state index contributed by atoms with van der Waals surface area (Å²) in [6, 6.07) is 5.81. The van der Waals surface area contributed by atoms with E-state index in [1.165, 1.54) is 25.1 Å². The van der Waals surface area contributed by atoms with E-state index in [-0.39, 0.29) is 11.7 Å². The number of ether oxygens (including phenoxy) is 1. The second-order valence-corrected chi connectivity index (χ2v) is 5.16. The highest BCUT2D eigenvalue weighted by Crippen LogP contribution is 2.16. The largest absolute Gasteiger partial charge is 0.478 e. The van der Waals surface area contributed by atoms with Crippen LogP contribution in [-0.2, 0) is 9.59 Å². The number of para-hydroxylation sites is 1. The molecule has 1 atom stereocenters. The van der Waals surface area contributed by atoms with Gasteiger partial charge in [0.2, 0.25) is 5.91 Å². The van der Waals surface area contributed by atoms with Crippen molar-refractivity contribution in [3.63, 3.8) is 0 Å². The van der Waals surface area contributed by atoms with Crippen LogP contribution in [0.1, 0.15) is 33.6 Å². The molecule has 2 N–H and O–H groups in total. The first-order valence-electron chi connectivity index (χ1n) is 6.90. The van der Waals surface area contributed by atoms with E-state index < -0.39 is 17.8 Å². The number of carbonyl (C=O) groups excluding carboxylic acids is 2. The standard InChI is InChI=1S/C15H21FN2O3/c1-10(2)8-9-14(19)17-18-15(20)11(3)21-13-7-5-4-6-12(13)16/h4-7,10-11H,8-9H2,1-3H3,(H,17,19)(H,18,20). The fourth-order valence-electron chi connectivity index (χ4n) is 1.50. The fourth-order valence-corrected chi connectivity index (χ4v) is 1.50. The molecular weight excluding hydrogens is 275 g/mol. The molecule has 0 heterocycles. The zero-order valence-electron chi connectivity index (χ0n) is 12.5. The van der Waals surface area contributed by atoms with Gasteiger partial charge in [-0.3, -0.25) is 20.4 Å². The molecule has 1 aromatic rings. The van der Waals surface area contributed by atoms with Crippen molar-refractivity contribution >= 4 is 11.8 Å². The van der Waals surface area contributed by atoms with Crippen molar-refractivity contribution in [2.45, 2.75) is 39.7 Å². The number of halogens is 1. The number of nitrogens with one attached hydrogen (secondary N) is 2. The van der Waals surface area contributed by atoms with Crippen LogP contribution in [0.25, 0.3) is 0 Å². The minimum absolute atomic E-state index is 0.00807. The lowest BCUT2D eigenvalue weighted by molar-refractivity contribution is -0.132. The third-order valence-corrected chi connectivity index (χ3v) is 2.78. The SMILES string of the molecule is CC(C)CCC(=O)NNC(=O)C(C)Oc1ccccc1F. The molecule has 0 aromatic heterocycles. The molecule has 6 heteroatoms. The maximum atomic E-state index is 13.4. The number of benzene rings is 1. The quantitative estimate of drug-likeness (QED) is 0.791. The summed E-state index contributed by atoms with van der Waals surface area (Å²) < 4.78 is 18.6. The first-order valence-corrected chi connectivity index (χ1v) is 6.90. The third kappa shape index (κ3) is 6.25. The van der Waals surface area contributed by atoms with Crippen LogP contribution in [0.3, 0.4) is 0 Å². The number of hydrogen-bond acceptors (Lipinski definition) is 3. The smallest absolute Gasteiger partial charge is 0.279 e. The molecule has 0 aliphatic rings. The van der Waals surface area contributed by atoms with Gasteiger partial charge >= 0.3 is 0 Å². The van der Waals surface area contributed by atoms with Crippen molar-refractivity contribution < 1.29 is 18.7 Å². The van der Waals surface area contributed by atoms with Gasteiger partial charge in [-0.05, 0) is 31.4 Å². The van der Waals surface area contributed by atoms with E-state index in [0.717, 1.165) is 6.42 Å². The minimum atomic E-state index is -0.924. The molecule has 21 heavy (non-hydrogen) atoms. The molecule has 116 valence electrons. The summed E-state index contributed by atoms with van der Waals surface area (Å²) in [5.41, 5.74) is 4.57. The number of amides is 2. The van der Waals surface area contributed by atoms with E-state index in [0.29, 0.717) is 12.3 Å². The molecule has 2 amide bonds. The lowest BCUT2D eigenvalue weighted by Gasteiger charge is -2.15. The Labute approximate surface area is 123 Å². The molecule has 0 spiro atoms. The Balaban J connectivity index is 2.38. The third-order valence-electron chi connectivity index (χ3n) is 2.78. The van der Waals surface area contributed by atoms with E-state index in [1.54, 1.807) is 6.07 Å². The summed E-state index contributed by atoms with van der Waals surface area (Å²) >= 11 is 0. The van der Waals surface area contributed by atoms with Crippen LogP contribution >= 0.6 is 0 Å². The maximum Gasteiger partial charge on any atom is 0.279 e. The van der Waals surface area contributed by atoms with Gasteiger partial charge in [-0.25, -0.2) is 4.39 Å². The van der Waals surface area contributed by atoms with E-state index in [2.05, 4.69) is 10.9 Å². The van der Waals surface area contributed by atoms with Gasteiger partial charge in [0, 0.05) is 6.42 Å². The molecule has 1 unspecified atom stereocenters. The van der Waals surface area contributed by atoms with Gasteiger partial charge in [0.1, 0.15) is 0 Å². The normalized spacial score (nSPS) is 11.9. The van der Waals surface area contributed by atoms with Gasteiger partial charge in [0.05, 0.1) is 0 Å². The van der Waals surface area contributed by atoms with E-state index in [4.69, 9.17) is 4.74 Å². The summed E-state index contributed by atoms with van der Waals surface area (Å²) in [7, 11) is 0. The average Bonchev–Trinajstić information content (AvgIpc) is 2.44. The van der Waals surface area contributed by atoms with Crippen LogP contribution in [0.5, 0.6) is 5.75 Å². The lowest BCUT2D eigenvalue weighted by Crippen LogP contribution is -2.47. The van der Waals surface area contributed by atoms with Crippen LogP contribution < -0.4 is 15.6 Å². The van der Waals surface area contributed by atoms with E-state index >= 15 is 0 Å². The first kappa shape index (κ1) is 16.9. The minimum Gasteiger partial charge on any atom is -0.478 e. The van der Waals surface area contributed by atoms with Crippen molar-refractivity contribution in [2.75, 3.05) is 0 Å².